The summed E-state index contributed by atoms with van der Waals surface area (Å²) in [6.07, 6.45) is 2.81. The number of aliphatic hydroxyl groups excluding tert-OH is 1. The second-order valence-electron chi connectivity index (χ2n) is 4.07. The number of β-amino-alcohol motifs (C(OH)–C–C–N with tert-alkyl or cyclic N) is 1. The van der Waals surface area contributed by atoms with Gasteiger partial charge in [-0.15, -0.1) is 0 Å². The van der Waals surface area contributed by atoms with Crippen LogP contribution in [-0.2, 0) is 7.05 Å². The van der Waals surface area contributed by atoms with E-state index in [-0.39, 0.29) is 11.9 Å². The molecule has 0 unspecified atom stereocenters. The van der Waals surface area contributed by atoms with Gasteiger partial charge in [0.25, 0.3) is 5.91 Å². The van der Waals surface area contributed by atoms with Crippen LogP contribution in [0.3, 0.4) is 0 Å². The Bertz CT molecular complexity index is 390. The quantitative estimate of drug-likeness (QED) is 0.664. The lowest BCUT2D eigenvalue weighted by Crippen LogP contribution is -2.44. The molecule has 2 atom stereocenters. The molecule has 0 bridgehead atoms. The predicted molar refractivity (Wildman–Crippen MR) is 58.0 cm³/mol. The first kappa shape index (κ1) is 11.1. The molecule has 6 heteroatoms. The summed E-state index contributed by atoms with van der Waals surface area (Å²) in [4.78, 5) is 17.6. The normalized spacial score (nSPS) is 24.7. The summed E-state index contributed by atoms with van der Waals surface area (Å²) in [6.45, 7) is 1.15. The van der Waals surface area contributed by atoms with Crippen LogP contribution in [0, 0.1) is 0 Å². The highest BCUT2D eigenvalue weighted by Crippen LogP contribution is 2.10. The average molecular weight is 224 g/mol. The van der Waals surface area contributed by atoms with Gasteiger partial charge in [0.1, 0.15) is 0 Å². The number of likely N-dealkylation sites (N-methyl/N-ethyl adjacent to an activating group) is 1. The van der Waals surface area contributed by atoms with E-state index in [0.717, 1.165) is 0 Å². The van der Waals surface area contributed by atoms with Crippen LogP contribution >= 0.6 is 0 Å². The molecule has 0 aliphatic carbocycles. The highest BCUT2D eigenvalue weighted by Gasteiger charge is 2.32. The zero-order valence-corrected chi connectivity index (χ0v) is 9.42. The van der Waals surface area contributed by atoms with Crippen molar-refractivity contribution >= 4 is 5.91 Å². The minimum atomic E-state index is -0.505. The first-order valence-electron chi connectivity index (χ1n) is 5.24. The van der Waals surface area contributed by atoms with Gasteiger partial charge in [-0.25, -0.2) is 4.98 Å². The number of carbonyl (C=O) groups is 1. The molecule has 2 rings (SSSR count). The summed E-state index contributed by atoms with van der Waals surface area (Å²) < 4.78 is 1.67. The van der Waals surface area contributed by atoms with Crippen LogP contribution in [0.5, 0.6) is 0 Å². The fourth-order valence-corrected chi connectivity index (χ4v) is 1.93. The van der Waals surface area contributed by atoms with Crippen molar-refractivity contribution in [3.63, 3.8) is 0 Å². The van der Waals surface area contributed by atoms with E-state index in [1.165, 1.54) is 0 Å². The van der Waals surface area contributed by atoms with Crippen LogP contribution in [0.1, 0.15) is 10.6 Å². The van der Waals surface area contributed by atoms with E-state index >= 15 is 0 Å². The molecular weight excluding hydrogens is 208 g/mol. The number of aromatic nitrogens is 2. The topological polar surface area (TPSA) is 70.4 Å². The standard InChI is InChI=1S/C10H16N4O2/c1-13-4-3-12-9(13)10(16)14(2)7-5-11-6-8(7)15/h3-4,7-8,11,15H,5-6H2,1-2H3/t7-,8-/m1/s1. The Morgan fingerprint density at radius 1 is 1.69 bits per heavy atom. The number of imidazole rings is 1. The first-order chi connectivity index (χ1) is 7.61. The minimum absolute atomic E-state index is 0.166. The molecule has 0 spiro atoms. The molecular formula is C10H16N4O2. The number of carbonyl (C=O) groups excluding carboxylic acids is 1. The maximum absolute atomic E-state index is 12.1. The van der Waals surface area contributed by atoms with Gasteiger partial charge in [0.2, 0.25) is 0 Å². The molecule has 6 nitrogen and oxygen atoms in total. The number of nitrogens with one attached hydrogen (secondary N) is 1. The van der Waals surface area contributed by atoms with E-state index < -0.39 is 6.10 Å². The minimum Gasteiger partial charge on any atom is -0.390 e. The van der Waals surface area contributed by atoms with Gasteiger partial charge in [-0.05, 0) is 0 Å². The molecule has 1 fully saturated rings. The largest absolute Gasteiger partial charge is 0.390 e. The highest BCUT2D eigenvalue weighted by atomic mass is 16.3. The van der Waals surface area contributed by atoms with Crippen molar-refractivity contribution in [1.29, 1.82) is 0 Å². The molecule has 1 aromatic rings. The molecule has 0 radical (unpaired) electrons. The van der Waals surface area contributed by atoms with Crippen LogP contribution in [0.15, 0.2) is 12.4 Å². The molecule has 0 saturated carbocycles. The Hall–Kier alpha value is -1.40. The molecule has 88 valence electrons. The van der Waals surface area contributed by atoms with Crippen LogP contribution < -0.4 is 5.32 Å². The van der Waals surface area contributed by atoms with Crippen molar-refractivity contribution < 1.29 is 9.90 Å². The lowest BCUT2D eigenvalue weighted by molar-refractivity contribution is 0.0567. The van der Waals surface area contributed by atoms with E-state index in [1.807, 2.05) is 0 Å². The molecule has 2 heterocycles. The number of hydrogen-bond donors (Lipinski definition) is 2. The van der Waals surface area contributed by atoms with Crippen molar-refractivity contribution in [3.05, 3.63) is 18.2 Å². The second-order valence-corrected chi connectivity index (χ2v) is 4.07. The third kappa shape index (κ3) is 1.81. The van der Waals surface area contributed by atoms with Crippen LogP contribution in [0.25, 0.3) is 0 Å². The van der Waals surface area contributed by atoms with E-state index in [4.69, 9.17) is 0 Å². The van der Waals surface area contributed by atoms with Crippen molar-refractivity contribution in [3.8, 4) is 0 Å². The molecule has 1 aliphatic heterocycles. The second kappa shape index (κ2) is 4.23. The molecule has 16 heavy (non-hydrogen) atoms. The zero-order chi connectivity index (χ0) is 11.7. The van der Waals surface area contributed by atoms with Crippen LogP contribution in [0.2, 0.25) is 0 Å². The Labute approximate surface area is 93.9 Å². The van der Waals surface area contributed by atoms with E-state index in [2.05, 4.69) is 10.3 Å². The maximum Gasteiger partial charge on any atom is 0.289 e. The van der Waals surface area contributed by atoms with Crippen molar-refractivity contribution in [2.24, 2.45) is 7.05 Å². The monoisotopic (exact) mass is 224 g/mol. The van der Waals surface area contributed by atoms with Gasteiger partial charge in [-0.2, -0.15) is 0 Å². The summed E-state index contributed by atoms with van der Waals surface area (Å²) in [7, 11) is 3.47. The van der Waals surface area contributed by atoms with Gasteiger partial charge < -0.3 is 19.9 Å². The first-order valence-corrected chi connectivity index (χ1v) is 5.24. The van der Waals surface area contributed by atoms with E-state index in [0.29, 0.717) is 18.9 Å². The smallest absolute Gasteiger partial charge is 0.289 e. The fraction of sp³-hybridized carbons (Fsp3) is 0.600. The zero-order valence-electron chi connectivity index (χ0n) is 9.42. The highest BCUT2D eigenvalue weighted by molar-refractivity contribution is 5.90. The van der Waals surface area contributed by atoms with Crippen molar-refractivity contribution in [2.45, 2.75) is 12.1 Å². The maximum atomic E-state index is 12.1. The van der Waals surface area contributed by atoms with Crippen LogP contribution in [-0.4, -0.2) is 57.7 Å². The van der Waals surface area contributed by atoms with Gasteiger partial charge >= 0.3 is 0 Å². The molecule has 1 saturated heterocycles. The fourth-order valence-electron chi connectivity index (χ4n) is 1.93. The lowest BCUT2D eigenvalue weighted by Gasteiger charge is -2.25. The van der Waals surface area contributed by atoms with Gasteiger partial charge in [-0.3, -0.25) is 4.79 Å². The van der Waals surface area contributed by atoms with Gasteiger partial charge in [0.15, 0.2) is 5.82 Å². The summed E-state index contributed by atoms with van der Waals surface area (Å²) in [5, 5.41) is 12.7. The number of aryl methyl sites for hydroxylation is 1. The molecule has 1 amide bonds. The van der Waals surface area contributed by atoms with Gasteiger partial charge in [0, 0.05) is 39.6 Å². The Kier molecular flexibility index (Phi) is 2.93. The van der Waals surface area contributed by atoms with Gasteiger partial charge in [-0.1, -0.05) is 0 Å². The third-order valence-electron chi connectivity index (χ3n) is 2.98. The Balaban J connectivity index is 2.13. The Morgan fingerprint density at radius 2 is 2.44 bits per heavy atom. The lowest BCUT2D eigenvalue weighted by atomic mass is 10.2. The number of nitrogens with zero attached hydrogens (tertiary/aromatic N) is 3. The number of hydrogen-bond acceptors (Lipinski definition) is 4. The van der Waals surface area contributed by atoms with Crippen molar-refractivity contribution in [2.75, 3.05) is 20.1 Å². The Morgan fingerprint density at radius 3 is 2.94 bits per heavy atom. The summed E-state index contributed by atoms with van der Waals surface area (Å²) in [6, 6.07) is -0.177. The summed E-state index contributed by atoms with van der Waals surface area (Å²) >= 11 is 0. The van der Waals surface area contributed by atoms with E-state index in [1.54, 1.807) is 36.0 Å². The number of amides is 1. The molecule has 1 aliphatic rings. The van der Waals surface area contributed by atoms with Crippen LogP contribution in [0.4, 0.5) is 0 Å². The third-order valence-corrected chi connectivity index (χ3v) is 2.98. The predicted octanol–water partition coefficient (Wildman–Crippen LogP) is -1.18. The molecule has 2 N–H and O–H groups in total. The summed E-state index contributed by atoms with van der Waals surface area (Å²) in [5.74, 6) is 0.224. The molecule has 0 aromatic carbocycles. The SMILES string of the molecule is CN(C(=O)c1nccn1C)[C@@H]1CNC[C@H]1O. The summed E-state index contributed by atoms with van der Waals surface area (Å²) in [5.41, 5.74) is 0. The number of aliphatic hydroxyl groups is 1. The van der Waals surface area contributed by atoms with Gasteiger partial charge in [0.05, 0.1) is 12.1 Å². The average Bonchev–Trinajstić information content (AvgIpc) is 2.85. The number of rotatable bonds is 2. The van der Waals surface area contributed by atoms with E-state index in [9.17, 15) is 9.90 Å². The van der Waals surface area contributed by atoms with Crippen molar-refractivity contribution in [1.82, 2.24) is 19.8 Å². The molecule has 1 aromatic heterocycles.